The van der Waals surface area contributed by atoms with Crippen molar-refractivity contribution >= 4 is 23.3 Å². The molecular weight excluding hydrogens is 258 g/mol. The molecule has 0 fully saturated rings. The second-order valence-electron chi connectivity index (χ2n) is 4.41. The number of aromatic nitrogens is 1. The molecular formula is C16H14ClNO. The third-order valence-electron chi connectivity index (χ3n) is 3.03. The Morgan fingerprint density at radius 2 is 1.63 bits per heavy atom. The maximum absolute atomic E-state index is 10.1. The molecule has 3 rings (SSSR count). The smallest absolute Gasteiger partial charge is 0.142 e. The van der Waals surface area contributed by atoms with Gasteiger partial charge in [-0.2, -0.15) is 0 Å². The topological polar surface area (TPSA) is 33.1 Å². The Morgan fingerprint density at radius 3 is 2.37 bits per heavy atom. The van der Waals surface area contributed by atoms with Crippen molar-refractivity contribution in [3.63, 3.8) is 0 Å². The molecule has 2 aromatic carbocycles. The van der Waals surface area contributed by atoms with Crippen LogP contribution in [-0.2, 0) is 0 Å². The lowest BCUT2D eigenvalue weighted by Crippen LogP contribution is -1.87. The normalized spacial score (nSPS) is 10.2. The molecule has 1 aromatic heterocycles. The highest BCUT2D eigenvalue weighted by Gasteiger charge is 2.07. The van der Waals surface area contributed by atoms with Gasteiger partial charge in [0.25, 0.3) is 0 Å². The second-order valence-corrected chi connectivity index (χ2v) is 4.41. The molecule has 0 aliphatic heterocycles. The van der Waals surface area contributed by atoms with Crippen molar-refractivity contribution in [2.75, 3.05) is 0 Å². The molecule has 0 amide bonds. The van der Waals surface area contributed by atoms with Crippen molar-refractivity contribution in [2.45, 2.75) is 6.92 Å². The summed E-state index contributed by atoms with van der Waals surface area (Å²) in [5.41, 5.74) is 3.66. The summed E-state index contributed by atoms with van der Waals surface area (Å²) in [4.78, 5) is 4.52. The summed E-state index contributed by atoms with van der Waals surface area (Å²) in [5.74, 6) is 0.220. The number of hydrogen-bond acceptors (Lipinski definition) is 2. The van der Waals surface area contributed by atoms with Gasteiger partial charge in [0.1, 0.15) is 11.4 Å². The van der Waals surface area contributed by atoms with Crippen LogP contribution in [0.4, 0.5) is 0 Å². The quantitative estimate of drug-likeness (QED) is 0.714. The van der Waals surface area contributed by atoms with E-state index in [-0.39, 0.29) is 18.2 Å². The molecule has 0 saturated heterocycles. The molecule has 0 saturated carbocycles. The van der Waals surface area contributed by atoms with Crippen LogP contribution in [0, 0.1) is 6.92 Å². The Morgan fingerprint density at radius 1 is 0.947 bits per heavy atom. The molecule has 3 aromatic rings. The van der Waals surface area contributed by atoms with Crippen LogP contribution in [0.15, 0.2) is 54.6 Å². The van der Waals surface area contributed by atoms with Crippen molar-refractivity contribution in [3.8, 4) is 17.0 Å². The number of fused-ring (bicyclic) bond motifs is 1. The van der Waals surface area contributed by atoms with Gasteiger partial charge in [-0.3, -0.25) is 0 Å². The van der Waals surface area contributed by atoms with E-state index < -0.39 is 0 Å². The number of rotatable bonds is 1. The van der Waals surface area contributed by atoms with Gasteiger partial charge in [-0.05, 0) is 19.1 Å². The van der Waals surface area contributed by atoms with Crippen LogP contribution in [0.5, 0.6) is 5.75 Å². The highest BCUT2D eigenvalue weighted by molar-refractivity contribution is 5.85. The highest BCUT2D eigenvalue weighted by Crippen LogP contribution is 2.30. The van der Waals surface area contributed by atoms with Gasteiger partial charge in [-0.1, -0.05) is 48.0 Å². The van der Waals surface area contributed by atoms with Crippen LogP contribution in [0.25, 0.3) is 22.2 Å². The van der Waals surface area contributed by atoms with Gasteiger partial charge in [0.15, 0.2) is 0 Å². The van der Waals surface area contributed by atoms with Gasteiger partial charge in [0, 0.05) is 10.9 Å². The van der Waals surface area contributed by atoms with Crippen LogP contribution in [0.1, 0.15) is 5.56 Å². The lowest BCUT2D eigenvalue weighted by molar-refractivity contribution is 0.476. The predicted octanol–water partition coefficient (Wildman–Crippen LogP) is 4.34. The molecule has 0 spiro atoms. The van der Waals surface area contributed by atoms with Gasteiger partial charge >= 0.3 is 0 Å². The molecule has 0 unspecified atom stereocenters. The average molecular weight is 272 g/mol. The molecule has 2 nitrogen and oxygen atoms in total. The average Bonchev–Trinajstić information content (AvgIpc) is 2.39. The number of halogens is 1. The molecule has 0 atom stereocenters. The van der Waals surface area contributed by atoms with E-state index >= 15 is 0 Å². The first-order valence-corrected chi connectivity index (χ1v) is 5.90. The highest BCUT2D eigenvalue weighted by atomic mass is 35.5. The standard InChI is InChI=1S/C16H13NO.ClH/c1-11-6-8-12(9-7-11)16-15(18)10-13-4-2-3-5-14(13)17-16;/h2-10,18H,1H3;1H. The van der Waals surface area contributed by atoms with Gasteiger partial charge in [0.2, 0.25) is 0 Å². The monoisotopic (exact) mass is 271 g/mol. The molecule has 1 heterocycles. The largest absolute Gasteiger partial charge is 0.506 e. The minimum atomic E-state index is 0. The fourth-order valence-electron chi connectivity index (χ4n) is 2.03. The Kier molecular flexibility index (Phi) is 3.72. The fourth-order valence-corrected chi connectivity index (χ4v) is 2.03. The van der Waals surface area contributed by atoms with E-state index in [9.17, 15) is 5.11 Å². The van der Waals surface area contributed by atoms with E-state index in [4.69, 9.17) is 0 Å². The summed E-state index contributed by atoms with van der Waals surface area (Å²) >= 11 is 0. The molecule has 96 valence electrons. The Bertz CT molecular complexity index is 708. The van der Waals surface area contributed by atoms with Crippen LogP contribution in [-0.4, -0.2) is 10.1 Å². The van der Waals surface area contributed by atoms with E-state index in [0.717, 1.165) is 16.5 Å². The zero-order valence-electron chi connectivity index (χ0n) is 10.5. The first-order chi connectivity index (χ1) is 8.74. The number of benzene rings is 2. The van der Waals surface area contributed by atoms with Gasteiger partial charge < -0.3 is 5.11 Å². The van der Waals surface area contributed by atoms with Gasteiger partial charge in [0.05, 0.1) is 5.52 Å². The summed E-state index contributed by atoms with van der Waals surface area (Å²) in [5, 5.41) is 11.0. The lowest BCUT2D eigenvalue weighted by Gasteiger charge is -2.06. The Hall–Kier alpha value is -2.06. The van der Waals surface area contributed by atoms with E-state index in [1.807, 2.05) is 55.5 Å². The molecule has 0 radical (unpaired) electrons. The van der Waals surface area contributed by atoms with Crippen molar-refractivity contribution in [1.29, 1.82) is 0 Å². The van der Waals surface area contributed by atoms with Crippen molar-refractivity contribution in [3.05, 3.63) is 60.2 Å². The third kappa shape index (κ3) is 2.54. The first-order valence-electron chi connectivity index (χ1n) is 5.90. The fraction of sp³-hybridized carbons (Fsp3) is 0.0625. The zero-order chi connectivity index (χ0) is 12.5. The Labute approximate surface area is 118 Å². The van der Waals surface area contributed by atoms with Crippen LogP contribution in [0.2, 0.25) is 0 Å². The van der Waals surface area contributed by atoms with Crippen LogP contribution >= 0.6 is 12.4 Å². The van der Waals surface area contributed by atoms with Crippen molar-refractivity contribution < 1.29 is 5.11 Å². The van der Waals surface area contributed by atoms with E-state index in [1.165, 1.54) is 5.56 Å². The van der Waals surface area contributed by atoms with Gasteiger partial charge in [-0.15, -0.1) is 12.4 Å². The van der Waals surface area contributed by atoms with E-state index in [0.29, 0.717) is 5.69 Å². The second kappa shape index (κ2) is 5.29. The number of aryl methyl sites for hydroxylation is 1. The molecule has 1 N–H and O–H groups in total. The minimum Gasteiger partial charge on any atom is -0.506 e. The zero-order valence-corrected chi connectivity index (χ0v) is 11.3. The predicted molar refractivity (Wildman–Crippen MR) is 80.8 cm³/mol. The summed E-state index contributed by atoms with van der Waals surface area (Å²) in [6.45, 7) is 2.04. The lowest BCUT2D eigenvalue weighted by atomic mass is 10.1. The third-order valence-corrected chi connectivity index (χ3v) is 3.03. The Balaban J connectivity index is 0.00000133. The van der Waals surface area contributed by atoms with Crippen molar-refractivity contribution in [2.24, 2.45) is 0 Å². The molecule has 0 bridgehead atoms. The van der Waals surface area contributed by atoms with E-state index in [2.05, 4.69) is 4.98 Å². The molecule has 3 heteroatoms. The number of nitrogens with zero attached hydrogens (tertiary/aromatic N) is 1. The maximum atomic E-state index is 10.1. The number of para-hydroxylation sites is 1. The molecule has 0 aliphatic rings. The number of hydrogen-bond donors (Lipinski definition) is 1. The van der Waals surface area contributed by atoms with E-state index in [1.54, 1.807) is 6.07 Å². The number of aromatic hydroxyl groups is 1. The summed E-state index contributed by atoms with van der Waals surface area (Å²) in [6.07, 6.45) is 0. The van der Waals surface area contributed by atoms with Crippen molar-refractivity contribution in [1.82, 2.24) is 4.98 Å². The van der Waals surface area contributed by atoms with Gasteiger partial charge in [-0.25, -0.2) is 4.98 Å². The molecule has 19 heavy (non-hydrogen) atoms. The SMILES string of the molecule is Cc1ccc(-c2nc3ccccc3cc2O)cc1.Cl. The summed E-state index contributed by atoms with van der Waals surface area (Å²) in [7, 11) is 0. The first kappa shape index (κ1) is 13.4. The molecule has 0 aliphatic carbocycles. The minimum absolute atomic E-state index is 0. The summed E-state index contributed by atoms with van der Waals surface area (Å²) < 4.78 is 0. The summed E-state index contributed by atoms with van der Waals surface area (Å²) in [6, 6.07) is 17.5. The maximum Gasteiger partial charge on any atom is 0.142 e. The van der Waals surface area contributed by atoms with Crippen LogP contribution in [0.3, 0.4) is 0 Å². The van der Waals surface area contributed by atoms with Crippen LogP contribution < -0.4 is 0 Å². The number of pyridine rings is 1.